The van der Waals surface area contributed by atoms with Gasteiger partial charge in [0.2, 0.25) is 0 Å². The number of fused-ring (bicyclic) bond motifs is 2. The Kier molecular flexibility index (Phi) is 6.60. The fourth-order valence-electron chi connectivity index (χ4n) is 4.40. The van der Waals surface area contributed by atoms with Crippen LogP contribution in [0, 0.1) is 5.82 Å². The molecular weight excluding hydrogens is 449 g/mol. The van der Waals surface area contributed by atoms with Gasteiger partial charge in [0.25, 0.3) is 0 Å². The summed E-state index contributed by atoms with van der Waals surface area (Å²) in [6, 6.07) is 16.8. The van der Waals surface area contributed by atoms with E-state index >= 15 is 0 Å². The van der Waals surface area contributed by atoms with Crippen LogP contribution in [0.3, 0.4) is 0 Å². The summed E-state index contributed by atoms with van der Waals surface area (Å²) in [5, 5.41) is 13.1. The number of rotatable bonds is 8. The van der Waals surface area contributed by atoms with Crippen molar-refractivity contribution in [2.75, 3.05) is 13.1 Å². The van der Waals surface area contributed by atoms with Gasteiger partial charge in [0, 0.05) is 22.8 Å². The van der Waals surface area contributed by atoms with Crippen molar-refractivity contribution in [3.63, 3.8) is 0 Å². The minimum atomic E-state index is -0.245. The lowest BCUT2D eigenvalue weighted by Gasteiger charge is -2.06. The van der Waals surface area contributed by atoms with Crippen molar-refractivity contribution in [3.8, 4) is 22.5 Å². The monoisotopic (exact) mass is 477 g/mol. The van der Waals surface area contributed by atoms with Gasteiger partial charge in [-0.2, -0.15) is 5.10 Å². The topological polar surface area (TPSA) is 69.4 Å². The summed E-state index contributed by atoms with van der Waals surface area (Å²) < 4.78 is 13.5. The number of aromatic nitrogens is 4. The molecule has 0 fully saturated rings. The van der Waals surface area contributed by atoms with Crippen molar-refractivity contribution in [2.24, 2.45) is 0 Å². The number of likely N-dealkylation sites (N-methyl/N-ethyl adjacent to an activating group) is 1. The molecule has 3 N–H and O–H groups in total. The summed E-state index contributed by atoms with van der Waals surface area (Å²) in [7, 11) is 0. The molecule has 5 nitrogen and oxygen atoms in total. The molecule has 0 radical (unpaired) electrons. The highest BCUT2D eigenvalue weighted by molar-refractivity contribution is 6.01. The van der Waals surface area contributed by atoms with Crippen LogP contribution in [-0.4, -0.2) is 33.3 Å². The molecule has 0 atom stereocenters. The van der Waals surface area contributed by atoms with Gasteiger partial charge in [0.15, 0.2) is 0 Å². The summed E-state index contributed by atoms with van der Waals surface area (Å²) in [5.41, 5.74) is 8.57. The van der Waals surface area contributed by atoms with Gasteiger partial charge in [-0.15, -0.1) is 0 Å². The van der Waals surface area contributed by atoms with Crippen LogP contribution >= 0.6 is 0 Å². The van der Waals surface area contributed by atoms with E-state index in [-0.39, 0.29) is 5.82 Å². The molecule has 0 bridgehead atoms. The maximum Gasteiger partial charge on any atom is 0.123 e. The van der Waals surface area contributed by atoms with Crippen molar-refractivity contribution in [3.05, 3.63) is 103 Å². The van der Waals surface area contributed by atoms with Crippen LogP contribution in [0.25, 0.3) is 49.9 Å². The van der Waals surface area contributed by atoms with E-state index in [0.717, 1.165) is 74.3 Å². The predicted molar refractivity (Wildman–Crippen MR) is 147 cm³/mol. The molecule has 3 heterocycles. The molecule has 0 aliphatic carbocycles. The van der Waals surface area contributed by atoms with Crippen LogP contribution in [0.1, 0.15) is 19.5 Å². The van der Waals surface area contributed by atoms with Crippen LogP contribution in [0.2, 0.25) is 0 Å². The van der Waals surface area contributed by atoms with E-state index in [1.54, 1.807) is 12.1 Å². The Bertz CT molecular complexity index is 1600. The number of hydrogen-bond acceptors (Lipinski definition) is 3. The van der Waals surface area contributed by atoms with E-state index in [9.17, 15) is 4.39 Å². The summed E-state index contributed by atoms with van der Waals surface area (Å²) in [4.78, 5) is 8.19. The summed E-state index contributed by atoms with van der Waals surface area (Å²) >= 11 is 0. The number of nitrogens with one attached hydrogen (secondary N) is 3. The average Bonchev–Trinajstić information content (AvgIpc) is 3.53. The van der Waals surface area contributed by atoms with E-state index in [0.29, 0.717) is 0 Å². The smallest absolute Gasteiger partial charge is 0.123 e. The highest BCUT2D eigenvalue weighted by Crippen LogP contribution is 2.34. The van der Waals surface area contributed by atoms with Crippen LogP contribution in [0.4, 0.5) is 4.39 Å². The standard InChI is InChI=1S/C30H28FN5/c1-4-19(17-32-6-3)14-20(5-2)27-16-25-29(18-33-27)35-36-30(25)28-15-24-23(8-7-9-26(24)34-28)21-10-12-22(31)13-11-21/h4-5,7-16,18,32,34H,1,6,17H2,2-3H3,(H,35,36)/b19-14+,20-5+. The zero-order valence-electron chi connectivity index (χ0n) is 20.4. The van der Waals surface area contributed by atoms with Crippen LogP contribution in [0.15, 0.2) is 91.2 Å². The molecule has 5 rings (SSSR count). The van der Waals surface area contributed by atoms with Gasteiger partial charge in [-0.3, -0.25) is 10.1 Å². The Hall–Kier alpha value is -4.29. The number of H-pyrrole nitrogens is 2. The number of hydrogen-bond donors (Lipinski definition) is 3. The molecule has 3 aromatic heterocycles. The predicted octanol–water partition coefficient (Wildman–Crippen LogP) is 7.04. The second-order valence-electron chi connectivity index (χ2n) is 8.59. The van der Waals surface area contributed by atoms with Gasteiger partial charge in [-0.05, 0) is 72.1 Å². The Morgan fingerprint density at radius 3 is 2.67 bits per heavy atom. The minimum Gasteiger partial charge on any atom is -0.353 e. The second kappa shape index (κ2) is 10.1. The molecule has 0 saturated carbocycles. The Balaban J connectivity index is 1.57. The maximum atomic E-state index is 13.5. The SMILES string of the molecule is C=C/C(=C\C(=C/C)c1cc2c(-c3cc4c(-c5ccc(F)cc5)cccc4[nH]3)n[nH]c2cn1)CNCC. The third kappa shape index (κ3) is 4.51. The molecule has 0 aliphatic heterocycles. The van der Waals surface area contributed by atoms with Crippen molar-refractivity contribution < 1.29 is 4.39 Å². The van der Waals surface area contributed by atoms with Gasteiger partial charge >= 0.3 is 0 Å². The molecule has 36 heavy (non-hydrogen) atoms. The lowest BCUT2D eigenvalue weighted by Crippen LogP contribution is -2.15. The van der Waals surface area contributed by atoms with E-state index < -0.39 is 0 Å². The Morgan fingerprint density at radius 1 is 1.08 bits per heavy atom. The number of aromatic amines is 2. The molecule has 2 aromatic carbocycles. The third-order valence-electron chi connectivity index (χ3n) is 6.31. The maximum absolute atomic E-state index is 13.5. The summed E-state index contributed by atoms with van der Waals surface area (Å²) in [6.07, 6.45) is 7.86. The fourth-order valence-corrected chi connectivity index (χ4v) is 4.40. The molecule has 180 valence electrons. The van der Waals surface area contributed by atoms with Gasteiger partial charge in [-0.25, -0.2) is 4.39 Å². The molecule has 5 aromatic rings. The molecule has 0 saturated heterocycles. The summed E-state index contributed by atoms with van der Waals surface area (Å²) in [6.45, 7) is 9.69. The zero-order chi connectivity index (χ0) is 25.1. The van der Waals surface area contributed by atoms with Gasteiger partial charge in [-0.1, -0.05) is 49.9 Å². The van der Waals surface area contributed by atoms with Crippen LogP contribution in [0.5, 0.6) is 0 Å². The number of allylic oxidation sites excluding steroid dienone is 3. The molecule has 0 aliphatic rings. The molecule has 0 unspecified atom stereocenters. The number of benzene rings is 2. The number of nitrogens with zero attached hydrogens (tertiary/aromatic N) is 2. The first-order valence-electron chi connectivity index (χ1n) is 12.0. The second-order valence-corrected chi connectivity index (χ2v) is 8.59. The first kappa shape index (κ1) is 23.5. The minimum absolute atomic E-state index is 0.245. The van der Waals surface area contributed by atoms with Crippen molar-refractivity contribution in [1.82, 2.24) is 25.5 Å². The van der Waals surface area contributed by atoms with Crippen molar-refractivity contribution >= 4 is 27.4 Å². The molecule has 6 heteroatoms. The largest absolute Gasteiger partial charge is 0.353 e. The highest BCUT2D eigenvalue weighted by Gasteiger charge is 2.15. The lowest BCUT2D eigenvalue weighted by molar-refractivity contribution is 0.628. The lowest BCUT2D eigenvalue weighted by atomic mass is 10.0. The third-order valence-corrected chi connectivity index (χ3v) is 6.31. The molecular formula is C30H28FN5. The van der Waals surface area contributed by atoms with Gasteiger partial charge in [0.1, 0.15) is 11.5 Å². The van der Waals surface area contributed by atoms with E-state index in [1.807, 2.05) is 37.4 Å². The van der Waals surface area contributed by atoms with Crippen LogP contribution < -0.4 is 5.32 Å². The van der Waals surface area contributed by atoms with Gasteiger partial charge < -0.3 is 10.3 Å². The molecule has 0 amide bonds. The Morgan fingerprint density at radius 2 is 1.92 bits per heavy atom. The van der Waals surface area contributed by atoms with Gasteiger partial charge in [0.05, 0.1) is 23.1 Å². The first-order chi connectivity index (χ1) is 17.6. The van der Waals surface area contributed by atoms with Crippen molar-refractivity contribution in [1.29, 1.82) is 0 Å². The van der Waals surface area contributed by atoms with Crippen LogP contribution in [-0.2, 0) is 0 Å². The first-order valence-corrected chi connectivity index (χ1v) is 12.0. The Labute approximate surface area is 209 Å². The van der Waals surface area contributed by atoms with Crippen molar-refractivity contribution in [2.45, 2.75) is 13.8 Å². The van der Waals surface area contributed by atoms with E-state index in [1.165, 1.54) is 12.1 Å². The average molecular weight is 478 g/mol. The van der Waals surface area contributed by atoms with E-state index in [2.05, 4.69) is 63.3 Å². The summed E-state index contributed by atoms with van der Waals surface area (Å²) in [5.74, 6) is -0.245. The quantitative estimate of drug-likeness (QED) is 0.210. The zero-order valence-corrected chi connectivity index (χ0v) is 20.4. The molecule has 0 spiro atoms. The number of pyridine rings is 1. The highest BCUT2D eigenvalue weighted by atomic mass is 19.1. The fraction of sp³-hybridized carbons (Fsp3) is 0.133. The number of halogens is 1. The van der Waals surface area contributed by atoms with E-state index in [4.69, 9.17) is 0 Å². The normalized spacial score (nSPS) is 12.5.